The van der Waals surface area contributed by atoms with Crippen molar-refractivity contribution in [2.45, 2.75) is 25.0 Å². The van der Waals surface area contributed by atoms with Crippen molar-refractivity contribution >= 4 is 0 Å². The van der Waals surface area contributed by atoms with Gasteiger partial charge in [-0.1, -0.05) is 30.3 Å². The molecular formula is C13H21N3. The lowest BCUT2D eigenvalue weighted by Gasteiger charge is -2.35. The van der Waals surface area contributed by atoms with Gasteiger partial charge in [0.05, 0.1) is 0 Å². The minimum atomic E-state index is 0.292. The molecule has 0 aliphatic carbocycles. The Morgan fingerprint density at radius 2 is 2.12 bits per heavy atom. The van der Waals surface area contributed by atoms with E-state index >= 15 is 0 Å². The van der Waals surface area contributed by atoms with E-state index in [0.29, 0.717) is 12.1 Å². The van der Waals surface area contributed by atoms with Crippen LogP contribution in [-0.4, -0.2) is 37.1 Å². The van der Waals surface area contributed by atoms with Crippen LogP contribution >= 0.6 is 0 Å². The van der Waals surface area contributed by atoms with Gasteiger partial charge in [0.25, 0.3) is 0 Å². The number of nitrogens with one attached hydrogen (secondary N) is 1. The third-order valence-electron chi connectivity index (χ3n) is 3.28. The van der Waals surface area contributed by atoms with Crippen LogP contribution in [0.3, 0.4) is 0 Å². The highest BCUT2D eigenvalue weighted by molar-refractivity contribution is 5.14. The standard InChI is InChI=1S/C13H21N3/c1-16-8-7-12(14)13(10-16)15-9-11-5-3-2-4-6-11/h2-6,12-13,15H,7-10,14H2,1H3. The number of piperidine rings is 1. The predicted molar refractivity (Wildman–Crippen MR) is 67.2 cm³/mol. The summed E-state index contributed by atoms with van der Waals surface area (Å²) >= 11 is 0. The first-order valence-electron chi connectivity index (χ1n) is 5.97. The number of hydrogen-bond donors (Lipinski definition) is 2. The van der Waals surface area contributed by atoms with E-state index in [1.807, 2.05) is 6.07 Å². The molecule has 1 heterocycles. The number of likely N-dealkylation sites (N-methyl/N-ethyl adjacent to an activating group) is 1. The molecule has 0 aromatic heterocycles. The van der Waals surface area contributed by atoms with Crippen LogP contribution < -0.4 is 11.1 Å². The molecular weight excluding hydrogens is 198 g/mol. The topological polar surface area (TPSA) is 41.3 Å². The zero-order chi connectivity index (χ0) is 11.4. The molecule has 0 saturated carbocycles. The molecule has 3 heteroatoms. The minimum Gasteiger partial charge on any atom is -0.326 e. The van der Waals surface area contributed by atoms with Gasteiger partial charge in [0, 0.05) is 25.2 Å². The van der Waals surface area contributed by atoms with Gasteiger partial charge in [-0.25, -0.2) is 0 Å². The number of benzene rings is 1. The first-order valence-corrected chi connectivity index (χ1v) is 5.97. The van der Waals surface area contributed by atoms with E-state index < -0.39 is 0 Å². The highest BCUT2D eigenvalue weighted by atomic mass is 15.2. The van der Waals surface area contributed by atoms with E-state index in [-0.39, 0.29) is 0 Å². The van der Waals surface area contributed by atoms with Crippen LogP contribution in [0, 0.1) is 0 Å². The molecule has 1 aromatic carbocycles. The normalized spacial score (nSPS) is 26.9. The van der Waals surface area contributed by atoms with Crippen LogP contribution in [-0.2, 0) is 6.54 Å². The third kappa shape index (κ3) is 3.04. The Bertz CT molecular complexity index is 312. The molecule has 88 valence electrons. The quantitative estimate of drug-likeness (QED) is 0.790. The van der Waals surface area contributed by atoms with Crippen molar-refractivity contribution in [2.24, 2.45) is 5.73 Å². The average Bonchev–Trinajstić information content (AvgIpc) is 2.32. The van der Waals surface area contributed by atoms with Crippen molar-refractivity contribution < 1.29 is 0 Å². The van der Waals surface area contributed by atoms with Gasteiger partial charge >= 0.3 is 0 Å². The lowest BCUT2D eigenvalue weighted by atomic mass is 10.0. The van der Waals surface area contributed by atoms with Crippen molar-refractivity contribution in [1.82, 2.24) is 10.2 Å². The lowest BCUT2D eigenvalue weighted by Crippen LogP contribution is -2.55. The van der Waals surface area contributed by atoms with E-state index in [0.717, 1.165) is 26.1 Å². The maximum Gasteiger partial charge on any atom is 0.0350 e. The zero-order valence-corrected chi connectivity index (χ0v) is 9.89. The lowest BCUT2D eigenvalue weighted by molar-refractivity contribution is 0.204. The summed E-state index contributed by atoms with van der Waals surface area (Å²) < 4.78 is 0. The number of nitrogens with two attached hydrogens (primary N) is 1. The van der Waals surface area contributed by atoms with E-state index in [4.69, 9.17) is 5.73 Å². The molecule has 2 rings (SSSR count). The molecule has 0 amide bonds. The Hall–Kier alpha value is -0.900. The molecule has 16 heavy (non-hydrogen) atoms. The van der Waals surface area contributed by atoms with Crippen LogP contribution in [0.25, 0.3) is 0 Å². The van der Waals surface area contributed by atoms with Gasteiger partial charge in [-0.15, -0.1) is 0 Å². The maximum absolute atomic E-state index is 6.12. The molecule has 0 spiro atoms. The third-order valence-corrected chi connectivity index (χ3v) is 3.28. The van der Waals surface area contributed by atoms with Crippen LogP contribution in [0.4, 0.5) is 0 Å². The van der Waals surface area contributed by atoms with Gasteiger partial charge in [0.15, 0.2) is 0 Å². The molecule has 1 aliphatic heterocycles. The van der Waals surface area contributed by atoms with Crippen molar-refractivity contribution in [3.8, 4) is 0 Å². The average molecular weight is 219 g/mol. The summed E-state index contributed by atoms with van der Waals surface area (Å²) in [6.07, 6.45) is 1.09. The van der Waals surface area contributed by atoms with Crippen LogP contribution in [0.15, 0.2) is 30.3 Å². The van der Waals surface area contributed by atoms with Gasteiger partial charge < -0.3 is 16.0 Å². The SMILES string of the molecule is CN1CCC(N)C(NCc2ccccc2)C1. The highest BCUT2D eigenvalue weighted by Gasteiger charge is 2.23. The maximum atomic E-state index is 6.12. The van der Waals surface area contributed by atoms with E-state index in [1.54, 1.807) is 0 Å². The van der Waals surface area contributed by atoms with Gasteiger partial charge in [0.2, 0.25) is 0 Å². The summed E-state index contributed by atoms with van der Waals surface area (Å²) in [4.78, 5) is 2.34. The van der Waals surface area contributed by atoms with Crippen LogP contribution in [0.1, 0.15) is 12.0 Å². The Morgan fingerprint density at radius 1 is 1.38 bits per heavy atom. The summed E-state index contributed by atoms with van der Waals surface area (Å²) in [6.45, 7) is 3.08. The second kappa shape index (κ2) is 5.43. The Balaban J connectivity index is 1.85. The van der Waals surface area contributed by atoms with Crippen molar-refractivity contribution in [3.63, 3.8) is 0 Å². The zero-order valence-electron chi connectivity index (χ0n) is 9.89. The van der Waals surface area contributed by atoms with Crippen molar-refractivity contribution in [1.29, 1.82) is 0 Å². The molecule has 0 bridgehead atoms. The van der Waals surface area contributed by atoms with Gasteiger partial charge in [0.1, 0.15) is 0 Å². The second-order valence-corrected chi connectivity index (χ2v) is 4.69. The molecule has 1 fully saturated rings. The molecule has 2 atom stereocenters. The fourth-order valence-corrected chi connectivity index (χ4v) is 2.19. The van der Waals surface area contributed by atoms with Gasteiger partial charge in [-0.3, -0.25) is 0 Å². The fourth-order valence-electron chi connectivity index (χ4n) is 2.19. The molecule has 1 aromatic rings. The summed E-state index contributed by atoms with van der Waals surface area (Å²) in [5.74, 6) is 0. The van der Waals surface area contributed by atoms with Gasteiger partial charge in [-0.2, -0.15) is 0 Å². The molecule has 1 aliphatic rings. The highest BCUT2D eigenvalue weighted by Crippen LogP contribution is 2.08. The first-order chi connectivity index (χ1) is 7.75. The minimum absolute atomic E-state index is 0.292. The van der Waals surface area contributed by atoms with Crippen LogP contribution in [0.2, 0.25) is 0 Å². The summed E-state index contributed by atoms with van der Waals surface area (Å²) in [5.41, 5.74) is 7.44. The Morgan fingerprint density at radius 3 is 2.88 bits per heavy atom. The smallest absolute Gasteiger partial charge is 0.0350 e. The van der Waals surface area contributed by atoms with E-state index in [1.165, 1.54) is 5.56 Å². The monoisotopic (exact) mass is 219 g/mol. The molecule has 3 nitrogen and oxygen atoms in total. The van der Waals surface area contributed by atoms with Crippen LogP contribution in [0.5, 0.6) is 0 Å². The molecule has 1 saturated heterocycles. The number of nitrogens with zero attached hydrogens (tertiary/aromatic N) is 1. The number of rotatable bonds is 3. The molecule has 0 radical (unpaired) electrons. The first kappa shape index (κ1) is 11.6. The van der Waals surface area contributed by atoms with Gasteiger partial charge in [-0.05, 0) is 25.6 Å². The number of hydrogen-bond acceptors (Lipinski definition) is 3. The summed E-state index contributed by atoms with van der Waals surface area (Å²) in [7, 11) is 2.16. The summed E-state index contributed by atoms with van der Waals surface area (Å²) in [6, 6.07) is 11.2. The van der Waals surface area contributed by atoms with E-state index in [2.05, 4.69) is 41.5 Å². The largest absolute Gasteiger partial charge is 0.326 e. The second-order valence-electron chi connectivity index (χ2n) is 4.69. The molecule has 3 N–H and O–H groups in total. The predicted octanol–water partition coefficient (Wildman–Crippen LogP) is 0.808. The Kier molecular flexibility index (Phi) is 3.93. The van der Waals surface area contributed by atoms with Crippen molar-refractivity contribution in [3.05, 3.63) is 35.9 Å². The van der Waals surface area contributed by atoms with Crippen molar-refractivity contribution in [2.75, 3.05) is 20.1 Å². The van der Waals surface area contributed by atoms with E-state index in [9.17, 15) is 0 Å². The number of likely N-dealkylation sites (tertiary alicyclic amines) is 1. The molecule has 2 unspecified atom stereocenters. The fraction of sp³-hybridized carbons (Fsp3) is 0.538. The Labute approximate surface area is 97.6 Å². The summed E-state index contributed by atoms with van der Waals surface area (Å²) in [5, 5.41) is 3.55.